The molecule has 2 rings (SSSR count). The molecule has 0 saturated heterocycles. The molecule has 0 fully saturated rings. The third-order valence-electron chi connectivity index (χ3n) is 3.91. The monoisotopic (exact) mass is 440 g/mol. The minimum Gasteiger partial charge on any atom is -0.324 e. The maximum atomic E-state index is 14.3. The zero-order valence-corrected chi connectivity index (χ0v) is 18.6. The van der Waals surface area contributed by atoms with Crippen LogP contribution in [0.3, 0.4) is 0 Å². The minimum absolute atomic E-state index is 0.00816. The molecular formula is C20H25FN2O4S2. The van der Waals surface area contributed by atoms with Gasteiger partial charge in [-0.15, -0.1) is 11.3 Å². The fourth-order valence-electron chi connectivity index (χ4n) is 2.43. The molecule has 1 heterocycles. The summed E-state index contributed by atoms with van der Waals surface area (Å²) >= 11 is 1.08. The first-order valence-electron chi connectivity index (χ1n) is 9.06. The fourth-order valence-corrected chi connectivity index (χ4v) is 4.77. The van der Waals surface area contributed by atoms with Crippen LogP contribution >= 0.6 is 11.3 Å². The highest BCUT2D eigenvalue weighted by Gasteiger charge is 2.24. The molecule has 0 aliphatic rings. The van der Waals surface area contributed by atoms with Crippen LogP contribution in [0.4, 0.5) is 10.1 Å². The molecule has 158 valence electrons. The number of sulfonamides is 1. The van der Waals surface area contributed by atoms with E-state index >= 15 is 0 Å². The molecule has 9 heteroatoms. The van der Waals surface area contributed by atoms with Crippen molar-refractivity contribution in [1.82, 2.24) is 4.72 Å². The first-order chi connectivity index (χ1) is 13.3. The highest BCUT2D eigenvalue weighted by Crippen LogP contribution is 2.31. The summed E-state index contributed by atoms with van der Waals surface area (Å²) in [6, 6.07) is 6.53. The summed E-state index contributed by atoms with van der Waals surface area (Å²) in [5, 5.41) is 2.44. The molecule has 1 aromatic heterocycles. The Morgan fingerprint density at radius 1 is 1.14 bits per heavy atom. The van der Waals surface area contributed by atoms with E-state index in [2.05, 4.69) is 5.32 Å². The fraction of sp³-hybridized carbons (Fsp3) is 0.400. The van der Waals surface area contributed by atoms with Gasteiger partial charge in [-0.05, 0) is 41.7 Å². The molecule has 0 aliphatic heterocycles. The molecule has 2 amide bonds. The van der Waals surface area contributed by atoms with Crippen molar-refractivity contribution in [3.63, 3.8) is 0 Å². The number of anilines is 1. The molecule has 2 N–H and O–H groups in total. The van der Waals surface area contributed by atoms with Gasteiger partial charge in [-0.25, -0.2) is 17.5 Å². The van der Waals surface area contributed by atoms with Crippen molar-refractivity contribution in [2.75, 3.05) is 5.32 Å². The van der Waals surface area contributed by atoms with E-state index in [9.17, 15) is 22.4 Å². The standard InChI is InChI=1S/C20H25FN2O4S2/c1-12(2)10-17(24)22-15-7-6-13(11-14(15)21)19(25)23-29(26,27)18-9-8-16(28-18)20(3,4)5/h6-9,11-12H,10H2,1-5H3,(H,22,24)(H,23,25). The van der Waals surface area contributed by atoms with Crippen molar-refractivity contribution >= 4 is 38.9 Å². The molecular weight excluding hydrogens is 415 g/mol. The van der Waals surface area contributed by atoms with Gasteiger partial charge in [0.1, 0.15) is 10.0 Å². The summed E-state index contributed by atoms with van der Waals surface area (Å²) in [6.07, 6.45) is 0.233. The number of amides is 2. The summed E-state index contributed by atoms with van der Waals surface area (Å²) in [7, 11) is -4.08. The first-order valence-corrected chi connectivity index (χ1v) is 11.4. The molecule has 0 spiro atoms. The van der Waals surface area contributed by atoms with Gasteiger partial charge < -0.3 is 5.32 Å². The average molecular weight is 441 g/mol. The molecule has 0 atom stereocenters. The SMILES string of the molecule is CC(C)CC(=O)Nc1ccc(C(=O)NS(=O)(=O)c2ccc(C(C)(C)C)s2)cc1F. The maximum Gasteiger partial charge on any atom is 0.273 e. The van der Waals surface area contributed by atoms with Crippen LogP contribution in [0.2, 0.25) is 0 Å². The summed E-state index contributed by atoms with van der Waals surface area (Å²) in [5.74, 6) is -2.00. The van der Waals surface area contributed by atoms with E-state index in [1.54, 1.807) is 6.07 Å². The maximum absolute atomic E-state index is 14.3. The predicted octanol–water partition coefficient (Wildman–Crippen LogP) is 4.29. The Labute approximate surface area is 174 Å². The molecule has 29 heavy (non-hydrogen) atoms. The second-order valence-electron chi connectivity index (χ2n) is 8.14. The highest BCUT2D eigenvalue weighted by molar-refractivity contribution is 7.92. The smallest absolute Gasteiger partial charge is 0.273 e. The molecule has 0 aliphatic carbocycles. The molecule has 6 nitrogen and oxygen atoms in total. The Hall–Kier alpha value is -2.26. The molecule has 0 unspecified atom stereocenters. The summed E-state index contributed by atoms with van der Waals surface area (Å²) < 4.78 is 41.2. The lowest BCUT2D eigenvalue weighted by Gasteiger charge is -2.15. The van der Waals surface area contributed by atoms with Crippen molar-refractivity contribution < 1.29 is 22.4 Å². The van der Waals surface area contributed by atoms with Gasteiger partial charge in [0, 0.05) is 16.9 Å². The quantitative estimate of drug-likeness (QED) is 0.701. The van der Waals surface area contributed by atoms with Crippen molar-refractivity contribution in [3.05, 3.63) is 46.6 Å². The lowest BCUT2D eigenvalue weighted by Crippen LogP contribution is -2.30. The van der Waals surface area contributed by atoms with Gasteiger partial charge in [-0.1, -0.05) is 34.6 Å². The van der Waals surface area contributed by atoms with E-state index in [-0.39, 0.29) is 39.1 Å². The van der Waals surface area contributed by atoms with Gasteiger partial charge in [0.25, 0.3) is 15.9 Å². The lowest BCUT2D eigenvalue weighted by molar-refractivity contribution is -0.116. The van der Waals surface area contributed by atoms with Gasteiger partial charge in [-0.3, -0.25) is 9.59 Å². The van der Waals surface area contributed by atoms with Crippen molar-refractivity contribution in [2.45, 2.75) is 50.7 Å². The number of rotatable bonds is 6. The topological polar surface area (TPSA) is 92.3 Å². The van der Waals surface area contributed by atoms with Crippen LogP contribution in [-0.4, -0.2) is 20.2 Å². The van der Waals surface area contributed by atoms with Gasteiger partial charge >= 0.3 is 0 Å². The number of thiophene rings is 1. The van der Waals surface area contributed by atoms with Crippen LogP contribution in [0.1, 0.15) is 56.3 Å². The zero-order valence-electron chi connectivity index (χ0n) is 17.0. The first kappa shape index (κ1) is 23.0. The van der Waals surface area contributed by atoms with E-state index in [4.69, 9.17) is 0 Å². The van der Waals surface area contributed by atoms with Gasteiger partial charge in [0.15, 0.2) is 0 Å². The summed E-state index contributed by atoms with van der Waals surface area (Å²) in [4.78, 5) is 25.0. The normalized spacial score (nSPS) is 12.1. The summed E-state index contributed by atoms with van der Waals surface area (Å²) in [6.45, 7) is 9.60. The molecule has 0 radical (unpaired) electrons. The molecule has 0 bridgehead atoms. The number of carbonyl (C=O) groups is 2. The average Bonchev–Trinajstić information content (AvgIpc) is 3.06. The predicted molar refractivity (Wildman–Crippen MR) is 112 cm³/mol. The van der Waals surface area contributed by atoms with Gasteiger partial charge in [-0.2, -0.15) is 0 Å². The Balaban J connectivity index is 2.15. The Kier molecular flexibility index (Phi) is 6.85. The van der Waals surface area contributed by atoms with Crippen LogP contribution in [0.5, 0.6) is 0 Å². The lowest BCUT2D eigenvalue weighted by atomic mass is 9.95. The number of nitrogens with one attached hydrogen (secondary N) is 2. The Morgan fingerprint density at radius 3 is 2.31 bits per heavy atom. The van der Waals surface area contributed by atoms with Crippen molar-refractivity contribution in [2.24, 2.45) is 5.92 Å². The Morgan fingerprint density at radius 2 is 1.79 bits per heavy atom. The van der Waals surface area contributed by atoms with Crippen LogP contribution in [0.15, 0.2) is 34.5 Å². The van der Waals surface area contributed by atoms with Crippen LogP contribution in [-0.2, 0) is 20.2 Å². The van der Waals surface area contributed by atoms with E-state index in [0.717, 1.165) is 22.3 Å². The molecule has 0 saturated carbocycles. The van der Waals surface area contributed by atoms with Gasteiger partial charge in [0.2, 0.25) is 5.91 Å². The van der Waals surface area contributed by atoms with E-state index in [0.29, 0.717) is 0 Å². The molecule has 2 aromatic rings. The molecule has 1 aromatic carbocycles. The van der Waals surface area contributed by atoms with Crippen molar-refractivity contribution in [1.29, 1.82) is 0 Å². The number of hydrogen-bond acceptors (Lipinski definition) is 5. The number of halogens is 1. The van der Waals surface area contributed by atoms with Crippen LogP contribution in [0, 0.1) is 11.7 Å². The second kappa shape index (κ2) is 8.62. The van der Waals surface area contributed by atoms with E-state index < -0.39 is 21.7 Å². The summed E-state index contributed by atoms with van der Waals surface area (Å²) in [5.41, 5.74) is -0.454. The number of carbonyl (C=O) groups excluding carboxylic acids is 2. The number of benzene rings is 1. The Bertz CT molecular complexity index is 1020. The van der Waals surface area contributed by atoms with Crippen LogP contribution in [0.25, 0.3) is 0 Å². The number of hydrogen-bond donors (Lipinski definition) is 2. The highest BCUT2D eigenvalue weighted by atomic mass is 32.2. The minimum atomic E-state index is -4.08. The van der Waals surface area contributed by atoms with E-state index in [1.807, 2.05) is 39.3 Å². The van der Waals surface area contributed by atoms with E-state index in [1.165, 1.54) is 18.2 Å². The third kappa shape index (κ3) is 6.11. The third-order valence-corrected chi connectivity index (χ3v) is 7.25. The van der Waals surface area contributed by atoms with Gasteiger partial charge in [0.05, 0.1) is 5.69 Å². The van der Waals surface area contributed by atoms with Crippen LogP contribution < -0.4 is 10.0 Å². The van der Waals surface area contributed by atoms with Crippen molar-refractivity contribution in [3.8, 4) is 0 Å². The second-order valence-corrected chi connectivity index (χ2v) is 11.1. The largest absolute Gasteiger partial charge is 0.324 e. The zero-order chi connectivity index (χ0) is 22.0.